The van der Waals surface area contributed by atoms with Gasteiger partial charge in [0.25, 0.3) is 0 Å². The molecule has 3 aromatic rings. The minimum Gasteiger partial charge on any atom is -0.300 e. The van der Waals surface area contributed by atoms with Crippen molar-refractivity contribution >= 4 is 31.9 Å². The average Bonchev–Trinajstić information content (AvgIpc) is 3.03. The van der Waals surface area contributed by atoms with Crippen molar-refractivity contribution < 1.29 is 0 Å². The largest absolute Gasteiger partial charge is 0.300 e. The van der Waals surface area contributed by atoms with Crippen molar-refractivity contribution in [3.8, 4) is 17.1 Å². The van der Waals surface area contributed by atoms with Crippen molar-refractivity contribution in [2.45, 2.75) is 40.0 Å². The van der Waals surface area contributed by atoms with E-state index in [0.717, 1.165) is 26.9 Å². The number of nitrogens with zero attached hydrogens (tertiary/aromatic N) is 2. The van der Waals surface area contributed by atoms with E-state index in [9.17, 15) is 0 Å². The van der Waals surface area contributed by atoms with Gasteiger partial charge in [0.15, 0.2) is 0 Å². The van der Waals surface area contributed by atoms with Crippen molar-refractivity contribution in [3.05, 3.63) is 68.9 Å². The topological polar surface area (TPSA) is 17.8 Å². The van der Waals surface area contributed by atoms with Gasteiger partial charge in [-0.05, 0) is 59.7 Å². The first-order valence-corrected chi connectivity index (χ1v) is 10.6. The van der Waals surface area contributed by atoms with E-state index in [0.29, 0.717) is 11.8 Å². The van der Waals surface area contributed by atoms with E-state index in [1.54, 1.807) is 0 Å². The maximum Gasteiger partial charge on any atom is 0.144 e. The number of rotatable bonds is 5. The van der Waals surface area contributed by atoms with E-state index in [-0.39, 0.29) is 0 Å². The maximum atomic E-state index is 4.68. The molecular formula is C22H24Br2N2. The zero-order valence-electron chi connectivity index (χ0n) is 15.6. The number of aromatic nitrogens is 2. The summed E-state index contributed by atoms with van der Waals surface area (Å²) in [5.74, 6) is 2.06. The molecule has 0 bridgehead atoms. The molecule has 4 heteroatoms. The summed E-state index contributed by atoms with van der Waals surface area (Å²) in [6.07, 6.45) is 4.94. The monoisotopic (exact) mass is 474 g/mol. The highest BCUT2D eigenvalue weighted by atomic mass is 79.9. The average molecular weight is 476 g/mol. The molecule has 0 aliphatic heterocycles. The Morgan fingerprint density at radius 1 is 1.00 bits per heavy atom. The highest BCUT2D eigenvalue weighted by Gasteiger charge is 2.15. The van der Waals surface area contributed by atoms with Gasteiger partial charge in [0.05, 0.1) is 0 Å². The third-order valence-corrected chi connectivity index (χ3v) is 5.64. The van der Waals surface area contributed by atoms with Gasteiger partial charge in [0, 0.05) is 32.6 Å². The van der Waals surface area contributed by atoms with Gasteiger partial charge in [-0.25, -0.2) is 4.98 Å². The molecular weight excluding hydrogens is 452 g/mol. The Balaban J connectivity index is 2.09. The minimum absolute atomic E-state index is 0.491. The molecule has 2 aromatic carbocycles. The van der Waals surface area contributed by atoms with E-state index in [1.807, 2.05) is 12.4 Å². The third-order valence-electron chi connectivity index (χ3n) is 4.46. The summed E-state index contributed by atoms with van der Waals surface area (Å²) >= 11 is 7.34. The van der Waals surface area contributed by atoms with E-state index >= 15 is 0 Å². The summed E-state index contributed by atoms with van der Waals surface area (Å²) < 4.78 is 4.42. The fourth-order valence-corrected chi connectivity index (χ4v) is 4.47. The van der Waals surface area contributed by atoms with Crippen LogP contribution >= 0.6 is 31.9 Å². The highest BCUT2D eigenvalue weighted by Crippen LogP contribution is 2.32. The number of hydrogen-bond donors (Lipinski definition) is 0. The van der Waals surface area contributed by atoms with Crippen LogP contribution in [-0.4, -0.2) is 9.55 Å². The molecule has 0 aliphatic rings. The zero-order chi connectivity index (χ0) is 18.8. The Morgan fingerprint density at radius 3 is 2.42 bits per heavy atom. The first-order chi connectivity index (χ1) is 12.4. The van der Waals surface area contributed by atoms with Crippen LogP contribution in [0.2, 0.25) is 0 Å². The van der Waals surface area contributed by atoms with Crippen LogP contribution in [0.5, 0.6) is 0 Å². The fourth-order valence-electron chi connectivity index (χ4n) is 3.23. The molecule has 0 spiro atoms. The van der Waals surface area contributed by atoms with Gasteiger partial charge in [-0.3, -0.25) is 4.57 Å². The standard InChI is InChI=1S/C22H24Br2N2/c1-14(2)11-16-12-17(23)5-7-20(16)22-25-9-10-26(22)18-6-8-19(15(3)4)21(24)13-18/h5-10,12-15H,11H2,1-4H3. The molecule has 26 heavy (non-hydrogen) atoms. The van der Waals surface area contributed by atoms with Gasteiger partial charge in [0.1, 0.15) is 5.82 Å². The van der Waals surface area contributed by atoms with E-state index in [1.165, 1.54) is 16.7 Å². The van der Waals surface area contributed by atoms with Crippen molar-refractivity contribution in [3.63, 3.8) is 0 Å². The molecule has 136 valence electrons. The van der Waals surface area contributed by atoms with Gasteiger partial charge in [-0.2, -0.15) is 0 Å². The second-order valence-electron chi connectivity index (χ2n) is 7.38. The van der Waals surface area contributed by atoms with Gasteiger partial charge < -0.3 is 0 Å². The molecule has 1 aromatic heterocycles. The SMILES string of the molecule is CC(C)Cc1cc(Br)ccc1-c1nccn1-c1ccc(C(C)C)c(Br)c1. The summed E-state index contributed by atoms with van der Waals surface area (Å²) in [7, 11) is 0. The molecule has 0 saturated carbocycles. The zero-order valence-corrected chi connectivity index (χ0v) is 18.8. The van der Waals surface area contributed by atoms with Crippen LogP contribution in [0.25, 0.3) is 17.1 Å². The van der Waals surface area contributed by atoms with Crippen molar-refractivity contribution in [1.82, 2.24) is 9.55 Å². The molecule has 0 unspecified atom stereocenters. The van der Waals surface area contributed by atoms with Crippen LogP contribution in [0, 0.1) is 5.92 Å². The lowest BCUT2D eigenvalue weighted by Gasteiger charge is -2.15. The summed E-state index contributed by atoms with van der Waals surface area (Å²) in [6, 6.07) is 13.0. The lowest BCUT2D eigenvalue weighted by molar-refractivity contribution is 0.647. The predicted molar refractivity (Wildman–Crippen MR) is 117 cm³/mol. The number of hydrogen-bond acceptors (Lipinski definition) is 1. The molecule has 3 rings (SSSR count). The quantitative estimate of drug-likeness (QED) is 0.376. The summed E-state index contributed by atoms with van der Waals surface area (Å²) in [5, 5.41) is 0. The lowest BCUT2D eigenvalue weighted by Crippen LogP contribution is -2.02. The van der Waals surface area contributed by atoms with Crippen LogP contribution < -0.4 is 0 Å². The van der Waals surface area contributed by atoms with Crippen LogP contribution in [0.15, 0.2) is 57.7 Å². The molecule has 0 aliphatic carbocycles. The number of imidazole rings is 1. The van der Waals surface area contributed by atoms with Crippen molar-refractivity contribution in [2.24, 2.45) is 5.92 Å². The Hall–Kier alpha value is -1.39. The van der Waals surface area contributed by atoms with Crippen LogP contribution in [-0.2, 0) is 6.42 Å². The van der Waals surface area contributed by atoms with Crippen molar-refractivity contribution in [2.75, 3.05) is 0 Å². The van der Waals surface area contributed by atoms with Crippen LogP contribution in [0.4, 0.5) is 0 Å². The molecule has 0 N–H and O–H groups in total. The number of benzene rings is 2. The smallest absolute Gasteiger partial charge is 0.144 e. The first kappa shape index (κ1) is 19.4. The maximum absolute atomic E-state index is 4.68. The molecule has 0 atom stereocenters. The molecule has 2 nitrogen and oxygen atoms in total. The molecule has 1 heterocycles. The number of halogens is 2. The van der Waals surface area contributed by atoms with E-state index in [2.05, 4.69) is 106 Å². The normalized spacial score (nSPS) is 11.5. The van der Waals surface area contributed by atoms with Crippen LogP contribution in [0.1, 0.15) is 44.7 Å². The Bertz CT molecular complexity index is 910. The fraction of sp³-hybridized carbons (Fsp3) is 0.318. The molecule has 0 fully saturated rings. The van der Waals surface area contributed by atoms with Gasteiger partial charge in [-0.15, -0.1) is 0 Å². The van der Waals surface area contributed by atoms with E-state index in [4.69, 9.17) is 0 Å². The molecule has 0 saturated heterocycles. The van der Waals surface area contributed by atoms with Gasteiger partial charge in [-0.1, -0.05) is 65.6 Å². The third kappa shape index (κ3) is 4.12. The first-order valence-electron chi connectivity index (χ1n) is 8.98. The molecule has 0 amide bonds. The van der Waals surface area contributed by atoms with Gasteiger partial charge >= 0.3 is 0 Å². The summed E-state index contributed by atoms with van der Waals surface area (Å²) in [6.45, 7) is 8.92. The predicted octanol–water partition coefficient (Wildman–Crippen LogP) is 7.39. The van der Waals surface area contributed by atoms with Crippen molar-refractivity contribution in [1.29, 1.82) is 0 Å². The summed E-state index contributed by atoms with van der Waals surface area (Å²) in [4.78, 5) is 4.68. The minimum atomic E-state index is 0.491. The Kier molecular flexibility index (Phi) is 6.03. The Morgan fingerprint density at radius 2 is 1.77 bits per heavy atom. The van der Waals surface area contributed by atoms with E-state index < -0.39 is 0 Å². The molecule has 0 radical (unpaired) electrons. The summed E-state index contributed by atoms with van der Waals surface area (Å²) in [5.41, 5.74) is 4.95. The van der Waals surface area contributed by atoms with Crippen LogP contribution in [0.3, 0.4) is 0 Å². The second kappa shape index (κ2) is 8.10. The van der Waals surface area contributed by atoms with Gasteiger partial charge in [0.2, 0.25) is 0 Å². The Labute approximate surface area is 172 Å². The highest BCUT2D eigenvalue weighted by molar-refractivity contribution is 9.10. The second-order valence-corrected chi connectivity index (χ2v) is 9.15. The lowest BCUT2D eigenvalue weighted by atomic mass is 9.97.